The van der Waals surface area contributed by atoms with Gasteiger partial charge in [-0.05, 0) is 29.5 Å². The molecule has 6 rings (SSSR count). The number of amides is 2. The first-order valence-electron chi connectivity index (χ1n) is 10.5. The Morgan fingerprint density at radius 2 is 1.33 bits per heavy atom. The van der Waals surface area contributed by atoms with Crippen molar-refractivity contribution in [2.24, 2.45) is 23.7 Å². The summed E-state index contributed by atoms with van der Waals surface area (Å²) in [6, 6.07) is 24.0. The topological polar surface area (TPSA) is 37.4 Å². The highest BCUT2D eigenvalue weighted by atomic mass is 16.2. The number of hydrogen-bond donors (Lipinski definition) is 0. The summed E-state index contributed by atoms with van der Waals surface area (Å²) in [6.07, 6.45) is 4.29. The van der Waals surface area contributed by atoms with E-state index >= 15 is 0 Å². The molecule has 2 aliphatic carbocycles. The fourth-order valence-corrected chi connectivity index (χ4v) is 5.76. The van der Waals surface area contributed by atoms with Gasteiger partial charge in [0.1, 0.15) is 0 Å². The highest BCUT2D eigenvalue weighted by Gasteiger charge is 2.62. The molecule has 1 heterocycles. The van der Waals surface area contributed by atoms with E-state index in [0.29, 0.717) is 5.69 Å². The average Bonchev–Trinajstić information content (AvgIpc) is 3.43. The third kappa shape index (κ3) is 2.20. The van der Waals surface area contributed by atoms with E-state index in [1.807, 2.05) is 60.7 Å². The Labute approximate surface area is 175 Å². The zero-order valence-electron chi connectivity index (χ0n) is 16.7. The van der Waals surface area contributed by atoms with E-state index in [0.717, 1.165) is 16.3 Å². The van der Waals surface area contributed by atoms with Gasteiger partial charge in [0.2, 0.25) is 11.8 Å². The highest BCUT2D eigenvalue weighted by Crippen LogP contribution is 2.58. The van der Waals surface area contributed by atoms with Crippen molar-refractivity contribution < 1.29 is 9.59 Å². The van der Waals surface area contributed by atoms with Crippen LogP contribution in [-0.2, 0) is 9.59 Å². The number of imide groups is 1. The zero-order valence-corrected chi connectivity index (χ0v) is 16.7. The summed E-state index contributed by atoms with van der Waals surface area (Å²) in [5, 5.41) is 1.98. The van der Waals surface area contributed by atoms with E-state index in [4.69, 9.17) is 0 Å². The van der Waals surface area contributed by atoms with Crippen LogP contribution in [0.5, 0.6) is 0 Å². The largest absolute Gasteiger partial charge is 0.274 e. The minimum atomic E-state index is -0.292. The van der Waals surface area contributed by atoms with Crippen molar-refractivity contribution in [1.29, 1.82) is 0 Å². The Morgan fingerprint density at radius 1 is 0.733 bits per heavy atom. The van der Waals surface area contributed by atoms with Gasteiger partial charge in [-0.25, -0.2) is 4.90 Å². The summed E-state index contributed by atoms with van der Waals surface area (Å²) in [6.45, 7) is 2.12. The number of benzene rings is 3. The van der Waals surface area contributed by atoms with E-state index in [9.17, 15) is 9.59 Å². The van der Waals surface area contributed by atoms with Crippen LogP contribution in [-0.4, -0.2) is 11.8 Å². The molecule has 4 atom stereocenters. The first-order chi connectivity index (χ1) is 14.7. The van der Waals surface area contributed by atoms with Gasteiger partial charge < -0.3 is 0 Å². The number of carbonyl (C=O) groups excluding carboxylic acids is 2. The Kier molecular flexibility index (Phi) is 3.64. The number of carbonyl (C=O) groups is 2. The fourth-order valence-electron chi connectivity index (χ4n) is 5.76. The van der Waals surface area contributed by atoms with Crippen molar-refractivity contribution in [3.63, 3.8) is 0 Å². The molecular weight excluding hydrogens is 370 g/mol. The third-order valence-corrected chi connectivity index (χ3v) is 7.06. The first kappa shape index (κ1) is 17.4. The average molecular weight is 391 g/mol. The second-order valence-corrected chi connectivity index (χ2v) is 8.44. The Bertz CT molecular complexity index is 1230. The Hall–Kier alpha value is -3.46. The van der Waals surface area contributed by atoms with Crippen LogP contribution in [0.2, 0.25) is 0 Å². The van der Waals surface area contributed by atoms with E-state index in [2.05, 4.69) is 31.2 Å². The second kappa shape index (κ2) is 6.27. The van der Waals surface area contributed by atoms with Crippen molar-refractivity contribution in [1.82, 2.24) is 0 Å². The second-order valence-electron chi connectivity index (χ2n) is 8.44. The molecule has 0 radical (unpaired) electrons. The van der Waals surface area contributed by atoms with Gasteiger partial charge in [0.05, 0.1) is 17.5 Å². The molecule has 30 heavy (non-hydrogen) atoms. The fraction of sp³-hybridized carbons (Fsp3) is 0.185. The molecule has 0 aromatic heterocycles. The van der Waals surface area contributed by atoms with Crippen molar-refractivity contribution in [3.8, 4) is 0 Å². The lowest BCUT2D eigenvalue weighted by Gasteiger charge is -2.21. The zero-order chi connectivity index (χ0) is 20.4. The van der Waals surface area contributed by atoms with Crippen molar-refractivity contribution in [3.05, 3.63) is 96.1 Å². The molecule has 3 heteroatoms. The molecule has 1 saturated heterocycles. The maximum atomic E-state index is 13.6. The van der Waals surface area contributed by atoms with Crippen molar-refractivity contribution >= 4 is 33.8 Å². The molecule has 2 amide bonds. The summed E-state index contributed by atoms with van der Waals surface area (Å²) in [4.78, 5) is 28.6. The van der Waals surface area contributed by atoms with Crippen LogP contribution in [0.25, 0.3) is 16.3 Å². The number of fused-ring (bicyclic) bond motifs is 6. The molecule has 0 spiro atoms. The van der Waals surface area contributed by atoms with E-state index in [-0.39, 0.29) is 35.5 Å². The van der Waals surface area contributed by atoms with Gasteiger partial charge in [-0.2, -0.15) is 0 Å². The van der Waals surface area contributed by atoms with Gasteiger partial charge >= 0.3 is 0 Å². The van der Waals surface area contributed by atoms with Crippen molar-refractivity contribution in [2.45, 2.75) is 6.92 Å². The monoisotopic (exact) mass is 391 g/mol. The summed E-state index contributed by atoms with van der Waals surface area (Å²) < 4.78 is 0. The number of allylic oxidation sites excluding steroid dienone is 4. The van der Waals surface area contributed by atoms with E-state index < -0.39 is 0 Å². The molecule has 2 fully saturated rings. The summed E-state index contributed by atoms with van der Waals surface area (Å²) in [7, 11) is 0. The van der Waals surface area contributed by atoms with Crippen LogP contribution < -0.4 is 4.90 Å². The minimum Gasteiger partial charge on any atom is -0.274 e. The van der Waals surface area contributed by atoms with Crippen LogP contribution in [0.15, 0.2) is 90.5 Å². The molecule has 0 N–H and O–H groups in total. The van der Waals surface area contributed by atoms with Crippen LogP contribution in [0.4, 0.5) is 5.69 Å². The number of nitrogens with zero attached hydrogens (tertiary/aromatic N) is 1. The van der Waals surface area contributed by atoms with Crippen molar-refractivity contribution in [2.75, 3.05) is 4.90 Å². The lowest BCUT2D eigenvalue weighted by molar-refractivity contribution is -0.122. The third-order valence-electron chi connectivity index (χ3n) is 7.06. The molecule has 146 valence electrons. The standard InChI is InChI=1S/C27H21NO2/c1-16(17-8-3-2-4-9-17)23-20-14-15-21(23)25-24(20)26(29)28(27(25)30)22-13-7-11-18-10-5-6-12-19(18)22/h2-15,20-21,24-25H,1H3/t20-,21-,24-,25+/m1/s1. The maximum Gasteiger partial charge on any atom is 0.238 e. The van der Waals surface area contributed by atoms with Gasteiger partial charge in [-0.1, -0.05) is 84.5 Å². The van der Waals surface area contributed by atoms with Gasteiger partial charge in [-0.15, -0.1) is 0 Å². The quantitative estimate of drug-likeness (QED) is 0.443. The normalized spacial score (nSPS) is 28.5. The number of hydrogen-bond acceptors (Lipinski definition) is 2. The molecule has 1 aliphatic heterocycles. The Morgan fingerprint density at radius 3 is 2.03 bits per heavy atom. The van der Waals surface area contributed by atoms with Crippen LogP contribution in [0.1, 0.15) is 12.5 Å². The lowest BCUT2D eigenvalue weighted by atomic mass is 9.85. The smallest absolute Gasteiger partial charge is 0.238 e. The molecule has 3 nitrogen and oxygen atoms in total. The summed E-state index contributed by atoms with van der Waals surface area (Å²) in [5.74, 6) is -0.679. The molecule has 3 aromatic carbocycles. The molecule has 0 unspecified atom stereocenters. The summed E-state index contributed by atoms with van der Waals surface area (Å²) >= 11 is 0. The minimum absolute atomic E-state index is 0.0108. The summed E-state index contributed by atoms with van der Waals surface area (Å²) in [5.41, 5.74) is 4.32. The molecule has 3 aromatic rings. The van der Waals surface area contributed by atoms with E-state index in [1.54, 1.807) is 0 Å². The lowest BCUT2D eigenvalue weighted by Crippen LogP contribution is -2.33. The molecule has 3 aliphatic rings. The Balaban J connectivity index is 1.45. The number of anilines is 1. The molecular formula is C27H21NO2. The predicted molar refractivity (Wildman–Crippen MR) is 119 cm³/mol. The number of rotatable bonds is 2. The van der Waals surface area contributed by atoms with Crippen LogP contribution in [0.3, 0.4) is 0 Å². The molecule has 2 bridgehead atoms. The molecule has 1 saturated carbocycles. The van der Waals surface area contributed by atoms with Crippen LogP contribution >= 0.6 is 0 Å². The predicted octanol–water partition coefficient (Wildman–Crippen LogP) is 5.23. The van der Waals surface area contributed by atoms with E-state index in [1.165, 1.54) is 16.0 Å². The first-order valence-corrected chi connectivity index (χ1v) is 10.5. The van der Waals surface area contributed by atoms with Gasteiger partial charge in [0, 0.05) is 17.2 Å². The van der Waals surface area contributed by atoms with Crippen LogP contribution in [0, 0.1) is 23.7 Å². The van der Waals surface area contributed by atoms with Gasteiger partial charge in [-0.3, -0.25) is 9.59 Å². The van der Waals surface area contributed by atoms with Gasteiger partial charge in [0.25, 0.3) is 0 Å². The SMILES string of the molecule is CC(=C1[C@H]2C=C[C@H]1[C@H]1C(=O)N(c3cccc4ccccc34)C(=O)[C@H]12)c1ccccc1. The maximum absolute atomic E-state index is 13.6. The van der Waals surface area contributed by atoms with Gasteiger partial charge in [0.15, 0.2) is 0 Å². The highest BCUT2D eigenvalue weighted by molar-refractivity contribution is 6.26.